The number of benzene rings is 2. The molecular weight excluding hydrogens is 387 g/mol. The molecule has 0 bridgehead atoms. The van der Waals surface area contributed by atoms with Crippen LogP contribution < -0.4 is 5.32 Å². The van der Waals surface area contributed by atoms with Gasteiger partial charge in [0.05, 0.1) is 5.56 Å². The standard InChI is InChI=1S/C23H21FN2O2S/c1-26(2)12-15-4-3-5-18-17(15)10-11-20-21(18)19(13-27)23(29-20)25-22(28)14-6-8-16(24)9-7-14/h3-9,13H,10-12H2,1-2H3,(H,25,28). The largest absolute Gasteiger partial charge is 0.313 e. The van der Waals surface area contributed by atoms with Gasteiger partial charge >= 0.3 is 0 Å². The fourth-order valence-electron chi connectivity index (χ4n) is 3.84. The van der Waals surface area contributed by atoms with Gasteiger partial charge in [-0.25, -0.2) is 4.39 Å². The molecule has 29 heavy (non-hydrogen) atoms. The molecule has 0 aliphatic heterocycles. The fraction of sp³-hybridized carbons (Fsp3) is 0.217. The van der Waals surface area contributed by atoms with Gasteiger partial charge < -0.3 is 10.2 Å². The summed E-state index contributed by atoms with van der Waals surface area (Å²) in [6, 6.07) is 11.6. The molecule has 1 heterocycles. The predicted molar refractivity (Wildman–Crippen MR) is 114 cm³/mol. The summed E-state index contributed by atoms with van der Waals surface area (Å²) in [4.78, 5) is 27.8. The Bertz CT molecular complexity index is 1090. The number of aldehydes is 1. The Labute approximate surface area is 173 Å². The molecule has 0 saturated carbocycles. The number of nitrogens with one attached hydrogen (secondary N) is 1. The Morgan fingerprint density at radius 3 is 2.62 bits per heavy atom. The third kappa shape index (κ3) is 3.73. The molecule has 0 radical (unpaired) electrons. The Hall–Kier alpha value is -2.83. The van der Waals surface area contributed by atoms with Crippen LogP contribution in [-0.4, -0.2) is 31.2 Å². The van der Waals surface area contributed by atoms with E-state index in [1.54, 1.807) is 0 Å². The second-order valence-electron chi connectivity index (χ2n) is 7.40. The van der Waals surface area contributed by atoms with Gasteiger partial charge in [-0.2, -0.15) is 0 Å². The smallest absolute Gasteiger partial charge is 0.256 e. The normalized spacial score (nSPS) is 12.4. The lowest BCUT2D eigenvalue weighted by Gasteiger charge is -2.22. The summed E-state index contributed by atoms with van der Waals surface area (Å²) in [5.74, 6) is -0.750. The maximum Gasteiger partial charge on any atom is 0.256 e. The van der Waals surface area contributed by atoms with Crippen LogP contribution in [0.3, 0.4) is 0 Å². The number of thiophene rings is 1. The maximum atomic E-state index is 13.1. The fourth-order valence-corrected chi connectivity index (χ4v) is 5.01. The zero-order valence-corrected chi connectivity index (χ0v) is 17.1. The molecule has 2 aromatic carbocycles. The highest BCUT2D eigenvalue weighted by atomic mass is 32.1. The molecule has 1 N–H and O–H groups in total. The molecule has 148 valence electrons. The lowest BCUT2D eigenvalue weighted by Crippen LogP contribution is -2.14. The molecular formula is C23H21FN2O2S. The Morgan fingerprint density at radius 1 is 1.17 bits per heavy atom. The van der Waals surface area contributed by atoms with Gasteiger partial charge in [0.2, 0.25) is 0 Å². The van der Waals surface area contributed by atoms with E-state index in [1.807, 2.05) is 20.2 Å². The zero-order chi connectivity index (χ0) is 20.5. The van der Waals surface area contributed by atoms with Gasteiger partial charge in [0.15, 0.2) is 6.29 Å². The van der Waals surface area contributed by atoms with Crippen LogP contribution in [0.1, 0.15) is 36.7 Å². The van der Waals surface area contributed by atoms with Crippen molar-refractivity contribution < 1.29 is 14.0 Å². The lowest BCUT2D eigenvalue weighted by molar-refractivity contribution is 0.102. The van der Waals surface area contributed by atoms with E-state index in [9.17, 15) is 14.0 Å². The molecule has 3 aromatic rings. The van der Waals surface area contributed by atoms with E-state index in [1.165, 1.54) is 46.7 Å². The molecule has 1 aliphatic carbocycles. The highest BCUT2D eigenvalue weighted by Gasteiger charge is 2.27. The van der Waals surface area contributed by atoms with Gasteiger partial charge in [0.1, 0.15) is 10.8 Å². The van der Waals surface area contributed by atoms with Crippen LogP contribution in [0.15, 0.2) is 42.5 Å². The molecule has 0 atom stereocenters. The summed E-state index contributed by atoms with van der Waals surface area (Å²) in [6.45, 7) is 0.841. The van der Waals surface area contributed by atoms with Crippen LogP contribution in [0.5, 0.6) is 0 Å². The van der Waals surface area contributed by atoms with Gasteiger partial charge in [0.25, 0.3) is 5.91 Å². The molecule has 0 unspecified atom stereocenters. The van der Waals surface area contributed by atoms with Crippen LogP contribution >= 0.6 is 11.3 Å². The number of fused-ring (bicyclic) bond motifs is 3. The summed E-state index contributed by atoms with van der Waals surface area (Å²) >= 11 is 1.45. The SMILES string of the molecule is CN(C)Cc1cccc2c1CCc1sc(NC(=O)c3ccc(F)cc3)c(C=O)c1-2. The van der Waals surface area contributed by atoms with Crippen molar-refractivity contribution in [1.29, 1.82) is 0 Å². The van der Waals surface area contributed by atoms with Crippen molar-refractivity contribution in [1.82, 2.24) is 4.90 Å². The minimum absolute atomic E-state index is 0.350. The Balaban J connectivity index is 1.73. The molecule has 1 amide bonds. The zero-order valence-electron chi connectivity index (χ0n) is 16.3. The van der Waals surface area contributed by atoms with Crippen LogP contribution in [0, 0.1) is 5.82 Å². The minimum atomic E-state index is -0.396. The number of halogens is 1. The van der Waals surface area contributed by atoms with Crippen LogP contribution in [0.2, 0.25) is 0 Å². The van der Waals surface area contributed by atoms with E-state index in [-0.39, 0.29) is 5.91 Å². The monoisotopic (exact) mass is 408 g/mol. The van der Waals surface area contributed by atoms with E-state index in [4.69, 9.17) is 0 Å². The van der Waals surface area contributed by atoms with E-state index in [0.29, 0.717) is 16.1 Å². The van der Waals surface area contributed by atoms with E-state index >= 15 is 0 Å². The topological polar surface area (TPSA) is 49.4 Å². The molecule has 1 aromatic heterocycles. The van der Waals surface area contributed by atoms with Gasteiger partial charge in [-0.3, -0.25) is 9.59 Å². The predicted octanol–water partition coefficient (Wildman–Crippen LogP) is 4.78. The third-order valence-corrected chi connectivity index (χ3v) is 6.28. The molecule has 4 rings (SSSR count). The number of carbonyl (C=O) groups excluding carboxylic acids is 2. The van der Waals surface area contributed by atoms with Gasteiger partial charge in [-0.05, 0) is 67.9 Å². The molecule has 1 aliphatic rings. The minimum Gasteiger partial charge on any atom is -0.313 e. The van der Waals surface area contributed by atoms with Crippen molar-refractivity contribution in [2.75, 3.05) is 19.4 Å². The summed E-state index contributed by atoms with van der Waals surface area (Å²) in [5.41, 5.74) is 5.41. The first-order valence-corrected chi connectivity index (χ1v) is 10.2. The number of hydrogen-bond donors (Lipinski definition) is 1. The molecule has 6 heteroatoms. The van der Waals surface area contributed by atoms with Crippen LogP contribution in [0.25, 0.3) is 11.1 Å². The van der Waals surface area contributed by atoms with Crippen molar-refractivity contribution in [3.63, 3.8) is 0 Å². The number of anilines is 1. The van der Waals surface area contributed by atoms with Gasteiger partial charge in [-0.15, -0.1) is 11.3 Å². The molecule has 4 nitrogen and oxygen atoms in total. The van der Waals surface area contributed by atoms with Gasteiger partial charge in [-0.1, -0.05) is 18.2 Å². The lowest BCUT2D eigenvalue weighted by atomic mass is 9.85. The maximum absolute atomic E-state index is 13.1. The first-order chi connectivity index (χ1) is 14.0. The highest BCUT2D eigenvalue weighted by molar-refractivity contribution is 7.17. The average Bonchev–Trinajstić information content (AvgIpc) is 3.05. The van der Waals surface area contributed by atoms with Crippen molar-refractivity contribution in [2.45, 2.75) is 19.4 Å². The number of amides is 1. The Kier molecular flexibility index (Phi) is 5.30. The number of hydrogen-bond acceptors (Lipinski definition) is 4. The number of nitrogens with zero attached hydrogens (tertiary/aromatic N) is 1. The van der Waals surface area contributed by atoms with Crippen molar-refractivity contribution in [3.8, 4) is 11.1 Å². The molecule has 0 spiro atoms. The van der Waals surface area contributed by atoms with Crippen molar-refractivity contribution in [3.05, 3.63) is 75.4 Å². The summed E-state index contributed by atoms with van der Waals surface area (Å²) < 4.78 is 13.1. The van der Waals surface area contributed by atoms with E-state index in [2.05, 4.69) is 22.3 Å². The first kappa shape index (κ1) is 19.5. The second-order valence-corrected chi connectivity index (χ2v) is 8.51. The van der Waals surface area contributed by atoms with E-state index < -0.39 is 5.82 Å². The third-order valence-electron chi connectivity index (χ3n) is 5.10. The highest BCUT2D eigenvalue weighted by Crippen LogP contribution is 2.45. The molecule has 0 saturated heterocycles. The van der Waals surface area contributed by atoms with Crippen LogP contribution in [-0.2, 0) is 19.4 Å². The quantitative estimate of drug-likeness (QED) is 0.618. The van der Waals surface area contributed by atoms with Crippen molar-refractivity contribution >= 4 is 28.5 Å². The van der Waals surface area contributed by atoms with Crippen LogP contribution in [0.4, 0.5) is 9.39 Å². The van der Waals surface area contributed by atoms with Gasteiger partial charge in [0, 0.05) is 22.5 Å². The number of rotatable bonds is 5. The van der Waals surface area contributed by atoms with E-state index in [0.717, 1.165) is 41.7 Å². The van der Waals surface area contributed by atoms with Crippen molar-refractivity contribution in [2.24, 2.45) is 0 Å². The average molecular weight is 408 g/mol. The molecule has 0 fully saturated rings. The summed E-state index contributed by atoms with van der Waals surface area (Å²) in [5, 5.41) is 3.40. The number of aryl methyl sites for hydroxylation is 1. The Morgan fingerprint density at radius 2 is 1.93 bits per heavy atom. The second kappa shape index (κ2) is 7.89. The summed E-state index contributed by atoms with van der Waals surface area (Å²) in [6.07, 6.45) is 2.57. The number of carbonyl (C=O) groups is 2. The summed E-state index contributed by atoms with van der Waals surface area (Å²) in [7, 11) is 4.08. The first-order valence-electron chi connectivity index (χ1n) is 9.41.